The number of rotatable bonds is 39. The molecule has 1 aliphatic rings. The highest BCUT2D eigenvalue weighted by Gasteiger charge is 2.48. The van der Waals surface area contributed by atoms with E-state index in [0.717, 1.165) is 57.8 Å². The number of nitrogens with one attached hydrogen (secondary N) is 1. The lowest BCUT2D eigenvalue weighted by Crippen LogP contribution is -2.61. The van der Waals surface area contributed by atoms with Crippen LogP contribution in [-0.2, 0) is 28.9 Å². The van der Waals surface area contributed by atoms with Gasteiger partial charge in [-0.2, -0.15) is 8.42 Å². The standard InChI is InChI=1S/C44H85NO12S/c1-3-5-7-9-11-13-14-15-16-17-18-19-20-21-22-23-25-27-29-31-33-38(48)43(51)45-36(37(47)32-30-28-26-24-12-10-8-6-4-2)35-55-44-41(50)42(57-58(52,53)54)40(49)39(34-46)56-44/h19-20,36-42,44,46-50H,3-18,21-35H2,1-2H3,(H,45,51)(H,52,53,54)/b20-19-. The normalized spacial score (nSPS) is 21.7. The number of hydrogen-bond donors (Lipinski definition) is 7. The first kappa shape index (κ1) is 54.8. The molecule has 1 saturated heterocycles. The van der Waals surface area contributed by atoms with Crippen molar-refractivity contribution in [1.82, 2.24) is 5.32 Å². The second-order valence-corrected chi connectivity index (χ2v) is 17.5. The summed E-state index contributed by atoms with van der Waals surface area (Å²) in [5.74, 6) is -0.675. The summed E-state index contributed by atoms with van der Waals surface area (Å²) in [6.45, 7) is 3.24. The summed E-state index contributed by atoms with van der Waals surface area (Å²) in [6.07, 6.45) is 25.6. The van der Waals surface area contributed by atoms with Crippen LogP contribution in [0.5, 0.6) is 0 Å². The van der Waals surface area contributed by atoms with Gasteiger partial charge >= 0.3 is 10.4 Å². The van der Waals surface area contributed by atoms with E-state index in [9.17, 15) is 38.7 Å². The summed E-state index contributed by atoms with van der Waals surface area (Å²) in [7, 11) is -5.10. The van der Waals surface area contributed by atoms with Gasteiger partial charge < -0.3 is 40.3 Å². The van der Waals surface area contributed by atoms with E-state index in [4.69, 9.17) is 14.0 Å². The molecular weight excluding hydrogens is 767 g/mol. The zero-order valence-electron chi connectivity index (χ0n) is 36.2. The molecule has 0 spiro atoms. The summed E-state index contributed by atoms with van der Waals surface area (Å²) in [5, 5.41) is 55.2. The van der Waals surface area contributed by atoms with Gasteiger partial charge in [-0.25, -0.2) is 4.18 Å². The number of aliphatic hydroxyl groups excluding tert-OH is 5. The lowest BCUT2D eigenvalue weighted by atomic mass is 9.99. The van der Waals surface area contributed by atoms with Crippen LogP contribution in [0.15, 0.2) is 12.2 Å². The Labute approximate surface area is 352 Å². The zero-order chi connectivity index (χ0) is 42.9. The van der Waals surface area contributed by atoms with Crippen LogP contribution in [0.25, 0.3) is 0 Å². The quantitative estimate of drug-likeness (QED) is 0.0180. The van der Waals surface area contributed by atoms with Crippen molar-refractivity contribution < 1.29 is 57.0 Å². The molecule has 8 unspecified atom stereocenters. The predicted octanol–water partition coefficient (Wildman–Crippen LogP) is 7.75. The fraction of sp³-hybridized carbons (Fsp3) is 0.932. The number of allylic oxidation sites excluding steroid dienone is 2. The van der Waals surface area contributed by atoms with Crippen LogP contribution in [0.3, 0.4) is 0 Å². The molecule has 8 atom stereocenters. The van der Waals surface area contributed by atoms with Crippen molar-refractivity contribution in [2.75, 3.05) is 13.2 Å². The van der Waals surface area contributed by atoms with Gasteiger partial charge in [-0.1, -0.05) is 174 Å². The molecule has 0 radical (unpaired) electrons. The zero-order valence-corrected chi connectivity index (χ0v) is 37.1. The maximum atomic E-state index is 13.1. The summed E-state index contributed by atoms with van der Waals surface area (Å²) in [4.78, 5) is 13.1. The highest BCUT2D eigenvalue weighted by atomic mass is 32.3. The molecule has 0 aromatic carbocycles. The minimum absolute atomic E-state index is 0.255. The molecule has 0 bridgehead atoms. The van der Waals surface area contributed by atoms with Gasteiger partial charge in [-0.3, -0.25) is 9.35 Å². The smallest absolute Gasteiger partial charge is 0.394 e. The Hall–Kier alpha value is -1.20. The molecule has 1 heterocycles. The van der Waals surface area contributed by atoms with Crippen molar-refractivity contribution in [2.45, 2.75) is 249 Å². The van der Waals surface area contributed by atoms with Gasteiger partial charge in [0.2, 0.25) is 5.91 Å². The Balaban J connectivity index is 2.47. The monoisotopic (exact) mass is 852 g/mol. The fourth-order valence-corrected chi connectivity index (χ4v) is 7.97. The van der Waals surface area contributed by atoms with Crippen molar-refractivity contribution >= 4 is 16.3 Å². The van der Waals surface area contributed by atoms with Gasteiger partial charge in [0, 0.05) is 0 Å². The van der Waals surface area contributed by atoms with Gasteiger partial charge in [0.1, 0.15) is 30.5 Å². The van der Waals surface area contributed by atoms with Crippen molar-refractivity contribution in [2.24, 2.45) is 0 Å². The number of ether oxygens (including phenoxy) is 2. The third-order valence-corrected chi connectivity index (χ3v) is 11.6. The van der Waals surface area contributed by atoms with E-state index < -0.39 is 78.5 Å². The van der Waals surface area contributed by atoms with E-state index in [1.807, 2.05) is 0 Å². The minimum atomic E-state index is -5.10. The number of carbonyl (C=O) groups is 1. The molecule has 0 saturated carbocycles. The molecule has 0 aromatic heterocycles. The molecular formula is C44H85NO12S. The molecule has 344 valence electrons. The Morgan fingerprint density at radius 3 is 1.55 bits per heavy atom. The molecule has 14 heteroatoms. The molecule has 13 nitrogen and oxygen atoms in total. The maximum Gasteiger partial charge on any atom is 0.397 e. The van der Waals surface area contributed by atoms with Gasteiger partial charge in [0.15, 0.2) is 6.29 Å². The Bertz CT molecular complexity index is 1110. The van der Waals surface area contributed by atoms with Crippen molar-refractivity contribution in [1.29, 1.82) is 0 Å². The summed E-state index contributed by atoms with van der Waals surface area (Å²) in [6, 6.07) is -1.03. The molecule has 58 heavy (non-hydrogen) atoms. The molecule has 0 aromatic rings. The first-order valence-electron chi connectivity index (χ1n) is 23.2. The Kier molecular flexibility index (Phi) is 33.5. The van der Waals surface area contributed by atoms with E-state index in [1.54, 1.807) is 0 Å². The van der Waals surface area contributed by atoms with E-state index in [-0.39, 0.29) is 6.42 Å². The number of aliphatic hydroxyl groups is 5. The van der Waals surface area contributed by atoms with Crippen LogP contribution >= 0.6 is 0 Å². The third kappa shape index (κ3) is 27.6. The molecule has 7 N–H and O–H groups in total. The van der Waals surface area contributed by atoms with Gasteiger partial charge in [0.25, 0.3) is 0 Å². The average molecular weight is 852 g/mol. The highest BCUT2D eigenvalue weighted by Crippen LogP contribution is 2.26. The van der Waals surface area contributed by atoms with Gasteiger partial charge in [-0.05, 0) is 38.5 Å². The lowest BCUT2D eigenvalue weighted by Gasteiger charge is -2.41. The number of unbranched alkanes of at least 4 members (excludes halogenated alkanes) is 24. The third-order valence-electron chi connectivity index (χ3n) is 11.2. The first-order valence-corrected chi connectivity index (χ1v) is 24.5. The maximum absolute atomic E-state index is 13.1. The van der Waals surface area contributed by atoms with Crippen LogP contribution in [0, 0.1) is 0 Å². The van der Waals surface area contributed by atoms with Crippen molar-refractivity contribution in [3.8, 4) is 0 Å². The number of carbonyl (C=O) groups excluding carboxylic acids is 1. The van der Waals surface area contributed by atoms with Crippen LogP contribution < -0.4 is 5.32 Å². The largest absolute Gasteiger partial charge is 0.397 e. The van der Waals surface area contributed by atoms with Crippen molar-refractivity contribution in [3.63, 3.8) is 0 Å². The van der Waals surface area contributed by atoms with Crippen LogP contribution in [-0.4, -0.2) is 107 Å². The van der Waals surface area contributed by atoms with Crippen molar-refractivity contribution in [3.05, 3.63) is 12.2 Å². The predicted molar refractivity (Wildman–Crippen MR) is 228 cm³/mol. The van der Waals surface area contributed by atoms with Crippen LogP contribution in [0.4, 0.5) is 0 Å². The van der Waals surface area contributed by atoms with E-state index in [1.165, 1.54) is 103 Å². The number of hydrogen-bond acceptors (Lipinski definition) is 11. The second-order valence-electron chi connectivity index (χ2n) is 16.5. The molecule has 1 fully saturated rings. The Morgan fingerprint density at radius 1 is 0.672 bits per heavy atom. The minimum Gasteiger partial charge on any atom is -0.394 e. The summed E-state index contributed by atoms with van der Waals surface area (Å²) >= 11 is 0. The fourth-order valence-electron chi connectivity index (χ4n) is 7.46. The van der Waals surface area contributed by atoms with E-state index in [0.29, 0.717) is 19.3 Å². The summed E-state index contributed by atoms with van der Waals surface area (Å²) < 4.78 is 47.4. The van der Waals surface area contributed by atoms with E-state index >= 15 is 0 Å². The highest BCUT2D eigenvalue weighted by molar-refractivity contribution is 7.80. The second kappa shape index (κ2) is 35.4. The van der Waals surface area contributed by atoms with Gasteiger partial charge in [0.05, 0.1) is 25.4 Å². The topological polar surface area (TPSA) is 212 Å². The molecule has 0 aliphatic carbocycles. The molecule has 1 aliphatic heterocycles. The van der Waals surface area contributed by atoms with Gasteiger partial charge in [-0.15, -0.1) is 0 Å². The summed E-state index contributed by atoms with van der Waals surface area (Å²) in [5.41, 5.74) is 0. The molecule has 1 amide bonds. The SMILES string of the molecule is CCCCCCCCCCCC/C=C\CCCCCCCCC(O)C(=O)NC(COC1OC(CO)C(O)C(OS(=O)(=O)O)C1O)C(O)CCCCCCCCCCC. The number of amides is 1. The lowest BCUT2D eigenvalue weighted by molar-refractivity contribution is -0.298. The van der Waals surface area contributed by atoms with E-state index in [2.05, 4.69) is 35.5 Å². The average Bonchev–Trinajstić information content (AvgIpc) is 3.19. The molecule has 1 rings (SSSR count). The first-order chi connectivity index (χ1) is 27.9. The van der Waals surface area contributed by atoms with Crippen LogP contribution in [0.2, 0.25) is 0 Å². The van der Waals surface area contributed by atoms with Crippen LogP contribution in [0.1, 0.15) is 200 Å². The Morgan fingerprint density at radius 2 is 1.10 bits per heavy atom.